The van der Waals surface area contributed by atoms with Gasteiger partial charge in [0.05, 0.1) is 6.08 Å². The highest BCUT2D eigenvalue weighted by molar-refractivity contribution is 5.89. The third-order valence-electron chi connectivity index (χ3n) is 1.05. The summed E-state index contributed by atoms with van der Waals surface area (Å²) in [6.07, 6.45) is 0.0542. The van der Waals surface area contributed by atoms with Crippen LogP contribution >= 0.6 is 0 Å². The molecule has 0 rings (SSSR count). The fourth-order valence-electron chi connectivity index (χ4n) is 0.586. The SMILES string of the molecule is CC(C)=C=CC(=O)OC(=O)OC(C)(C)C. The summed E-state index contributed by atoms with van der Waals surface area (Å²) in [5.74, 6) is -0.787. The smallest absolute Gasteiger partial charge is 0.428 e. The van der Waals surface area contributed by atoms with Gasteiger partial charge < -0.3 is 9.47 Å². The van der Waals surface area contributed by atoms with Crippen molar-refractivity contribution in [1.82, 2.24) is 0 Å². The number of hydrogen-bond donors (Lipinski definition) is 0. The van der Waals surface area contributed by atoms with Crippen molar-refractivity contribution in [3.8, 4) is 0 Å². The van der Waals surface area contributed by atoms with Crippen LogP contribution in [-0.2, 0) is 14.3 Å². The van der Waals surface area contributed by atoms with Gasteiger partial charge >= 0.3 is 12.1 Å². The van der Waals surface area contributed by atoms with Crippen molar-refractivity contribution in [3.05, 3.63) is 17.4 Å². The Morgan fingerprint density at radius 2 is 1.73 bits per heavy atom. The fourth-order valence-corrected chi connectivity index (χ4v) is 0.586. The molecule has 0 aromatic carbocycles. The molecule has 0 aromatic rings. The zero-order valence-corrected chi connectivity index (χ0v) is 9.71. The van der Waals surface area contributed by atoms with Gasteiger partial charge in [0.2, 0.25) is 0 Å². The molecule has 0 aliphatic carbocycles. The Labute approximate surface area is 89.6 Å². The lowest BCUT2D eigenvalue weighted by Gasteiger charge is -2.17. The molecule has 84 valence electrons. The van der Waals surface area contributed by atoms with E-state index in [0.29, 0.717) is 0 Å². The quantitative estimate of drug-likeness (QED) is 0.290. The Morgan fingerprint density at radius 1 is 1.20 bits per heavy atom. The topological polar surface area (TPSA) is 52.6 Å². The van der Waals surface area contributed by atoms with Crippen molar-refractivity contribution in [2.24, 2.45) is 0 Å². The van der Waals surface area contributed by atoms with Crippen molar-refractivity contribution in [3.63, 3.8) is 0 Å². The van der Waals surface area contributed by atoms with E-state index in [0.717, 1.165) is 11.6 Å². The van der Waals surface area contributed by atoms with E-state index in [1.165, 1.54) is 0 Å². The predicted molar refractivity (Wildman–Crippen MR) is 55.3 cm³/mol. The lowest BCUT2D eigenvalue weighted by atomic mass is 10.2. The van der Waals surface area contributed by atoms with Gasteiger partial charge in [-0.05, 0) is 40.2 Å². The third-order valence-corrected chi connectivity index (χ3v) is 1.05. The van der Waals surface area contributed by atoms with E-state index in [1.807, 2.05) is 0 Å². The van der Waals surface area contributed by atoms with E-state index in [9.17, 15) is 9.59 Å². The van der Waals surface area contributed by atoms with Crippen LogP contribution in [0.25, 0.3) is 0 Å². The summed E-state index contributed by atoms with van der Waals surface area (Å²) in [6, 6.07) is 0. The Bertz CT molecular complexity index is 310. The molecular weight excluding hydrogens is 196 g/mol. The van der Waals surface area contributed by atoms with Gasteiger partial charge in [-0.15, -0.1) is 5.73 Å². The Balaban J connectivity index is 4.21. The summed E-state index contributed by atoms with van der Waals surface area (Å²) in [4.78, 5) is 22.0. The van der Waals surface area contributed by atoms with Crippen LogP contribution in [0.2, 0.25) is 0 Å². The number of ether oxygens (including phenoxy) is 2. The molecule has 0 N–H and O–H groups in total. The van der Waals surface area contributed by atoms with Gasteiger partial charge in [0, 0.05) is 0 Å². The molecule has 0 amide bonds. The molecule has 0 bridgehead atoms. The molecule has 0 aromatic heterocycles. The molecule has 15 heavy (non-hydrogen) atoms. The van der Waals surface area contributed by atoms with Crippen molar-refractivity contribution in [2.75, 3.05) is 0 Å². The summed E-state index contributed by atoms with van der Waals surface area (Å²) >= 11 is 0. The van der Waals surface area contributed by atoms with E-state index in [4.69, 9.17) is 4.74 Å². The highest BCUT2D eigenvalue weighted by Gasteiger charge is 2.19. The molecule has 0 fully saturated rings. The van der Waals surface area contributed by atoms with Crippen molar-refractivity contribution >= 4 is 12.1 Å². The van der Waals surface area contributed by atoms with Crippen LogP contribution in [0.15, 0.2) is 17.4 Å². The Kier molecular flexibility index (Phi) is 4.82. The molecule has 0 unspecified atom stereocenters. The summed E-state index contributed by atoms with van der Waals surface area (Å²) < 4.78 is 9.12. The normalized spacial score (nSPS) is 9.93. The lowest BCUT2D eigenvalue weighted by Crippen LogP contribution is -2.25. The third kappa shape index (κ3) is 8.78. The second-order valence-electron chi connectivity index (χ2n) is 4.17. The van der Waals surface area contributed by atoms with Gasteiger partial charge in [-0.1, -0.05) is 0 Å². The second kappa shape index (κ2) is 5.37. The van der Waals surface area contributed by atoms with Crippen molar-refractivity contribution in [1.29, 1.82) is 0 Å². The first-order valence-corrected chi connectivity index (χ1v) is 4.55. The van der Waals surface area contributed by atoms with Crippen LogP contribution in [0.4, 0.5) is 4.79 Å². The Morgan fingerprint density at radius 3 is 2.13 bits per heavy atom. The summed E-state index contributed by atoms with van der Waals surface area (Å²) in [6.45, 7) is 8.61. The standard InChI is InChI=1S/C11H16O4/c1-8(2)6-7-9(12)14-10(13)15-11(3,4)5/h7H,1-5H3. The van der Waals surface area contributed by atoms with Gasteiger partial charge in [-0.25, -0.2) is 9.59 Å². The molecule has 0 radical (unpaired) electrons. The molecular formula is C11H16O4. The zero-order valence-electron chi connectivity index (χ0n) is 9.71. The highest BCUT2D eigenvalue weighted by Crippen LogP contribution is 2.08. The van der Waals surface area contributed by atoms with Crippen LogP contribution in [0.1, 0.15) is 34.6 Å². The maximum Gasteiger partial charge on any atom is 0.516 e. The highest BCUT2D eigenvalue weighted by atomic mass is 16.7. The summed E-state index contributed by atoms with van der Waals surface area (Å²) in [5, 5.41) is 0. The fraction of sp³-hybridized carbons (Fsp3) is 0.545. The van der Waals surface area contributed by atoms with Gasteiger partial charge in [0.1, 0.15) is 5.60 Å². The number of hydrogen-bond acceptors (Lipinski definition) is 4. The molecule has 0 saturated heterocycles. The van der Waals surface area contributed by atoms with Gasteiger partial charge in [-0.2, -0.15) is 0 Å². The molecule has 4 heteroatoms. The maximum atomic E-state index is 11.0. The van der Waals surface area contributed by atoms with Gasteiger partial charge in [0.25, 0.3) is 0 Å². The first-order chi connectivity index (χ1) is 6.70. The monoisotopic (exact) mass is 212 g/mol. The molecule has 0 aliphatic heterocycles. The first-order valence-electron chi connectivity index (χ1n) is 4.55. The van der Waals surface area contributed by atoms with E-state index < -0.39 is 17.7 Å². The second-order valence-corrected chi connectivity index (χ2v) is 4.17. The lowest BCUT2D eigenvalue weighted by molar-refractivity contribution is -0.135. The first kappa shape index (κ1) is 13.5. The van der Waals surface area contributed by atoms with Crippen molar-refractivity contribution in [2.45, 2.75) is 40.2 Å². The van der Waals surface area contributed by atoms with Crippen LogP contribution in [0, 0.1) is 0 Å². The van der Waals surface area contributed by atoms with E-state index >= 15 is 0 Å². The van der Waals surface area contributed by atoms with Crippen LogP contribution in [0.5, 0.6) is 0 Å². The minimum atomic E-state index is -1.00. The minimum Gasteiger partial charge on any atom is -0.428 e. The van der Waals surface area contributed by atoms with Crippen LogP contribution in [0.3, 0.4) is 0 Å². The van der Waals surface area contributed by atoms with Gasteiger partial charge in [-0.3, -0.25) is 0 Å². The zero-order chi connectivity index (χ0) is 12.1. The molecule has 0 heterocycles. The molecule has 4 nitrogen and oxygen atoms in total. The molecule has 0 atom stereocenters. The van der Waals surface area contributed by atoms with E-state index in [1.54, 1.807) is 34.6 Å². The average Bonchev–Trinajstić information content (AvgIpc) is 1.96. The molecule has 0 aliphatic rings. The molecule has 0 saturated carbocycles. The summed E-state index contributed by atoms with van der Waals surface area (Å²) in [7, 11) is 0. The van der Waals surface area contributed by atoms with Crippen molar-refractivity contribution < 1.29 is 19.1 Å². The minimum absolute atomic E-state index is 0.669. The van der Waals surface area contributed by atoms with E-state index in [2.05, 4.69) is 10.5 Å². The predicted octanol–water partition coefficient (Wildman–Crippen LogP) is 2.59. The largest absolute Gasteiger partial charge is 0.516 e. The number of carbonyl (C=O) groups is 2. The Hall–Kier alpha value is -1.54. The molecule has 0 spiro atoms. The number of esters is 1. The maximum absolute atomic E-state index is 11.0. The average molecular weight is 212 g/mol. The number of carbonyl (C=O) groups excluding carboxylic acids is 2. The van der Waals surface area contributed by atoms with Crippen LogP contribution in [-0.4, -0.2) is 17.7 Å². The number of rotatable bonds is 1. The van der Waals surface area contributed by atoms with Gasteiger partial charge in [0.15, 0.2) is 0 Å². The van der Waals surface area contributed by atoms with E-state index in [-0.39, 0.29) is 0 Å². The van der Waals surface area contributed by atoms with Crippen LogP contribution < -0.4 is 0 Å². The summed E-state index contributed by atoms with van der Waals surface area (Å²) in [5.41, 5.74) is 2.77.